The van der Waals surface area contributed by atoms with E-state index >= 15 is 0 Å². The molecule has 0 aliphatic heterocycles. The Hall–Kier alpha value is -1.33. The molecule has 0 heterocycles. The number of hydrogen-bond acceptors (Lipinski definition) is 2. The Kier molecular flexibility index (Phi) is 4.04. The molecule has 0 spiro atoms. The number of halogens is 2. The van der Waals surface area contributed by atoms with Crippen molar-refractivity contribution in [2.24, 2.45) is 0 Å². The summed E-state index contributed by atoms with van der Waals surface area (Å²) in [6.45, 7) is 0. The molecule has 5 heteroatoms. The standard InChI is InChI=1S/C13H9Br2NO2/c14-8-5-6-11(10(15)7-8)16-13(18)9-3-1-2-4-12(9)17/h1-7,17H,(H,16,18). The van der Waals surface area contributed by atoms with E-state index in [0.29, 0.717) is 5.69 Å². The first kappa shape index (κ1) is 13.1. The van der Waals surface area contributed by atoms with Crippen LogP contribution in [-0.2, 0) is 0 Å². The molecule has 0 radical (unpaired) electrons. The van der Waals surface area contributed by atoms with Gasteiger partial charge < -0.3 is 10.4 Å². The van der Waals surface area contributed by atoms with Crippen molar-refractivity contribution in [3.63, 3.8) is 0 Å². The number of rotatable bonds is 2. The monoisotopic (exact) mass is 369 g/mol. The molecule has 0 saturated carbocycles. The van der Waals surface area contributed by atoms with Crippen LogP contribution in [0.25, 0.3) is 0 Å². The van der Waals surface area contributed by atoms with E-state index in [4.69, 9.17) is 0 Å². The molecular formula is C13H9Br2NO2. The normalized spacial score (nSPS) is 10.1. The van der Waals surface area contributed by atoms with Crippen LogP contribution in [0.4, 0.5) is 5.69 Å². The second kappa shape index (κ2) is 5.54. The smallest absolute Gasteiger partial charge is 0.259 e. The first-order chi connectivity index (χ1) is 8.58. The Morgan fingerprint density at radius 1 is 1.11 bits per heavy atom. The van der Waals surface area contributed by atoms with E-state index in [1.807, 2.05) is 12.1 Å². The molecule has 0 aliphatic rings. The summed E-state index contributed by atoms with van der Waals surface area (Å²) in [4.78, 5) is 12.0. The van der Waals surface area contributed by atoms with Gasteiger partial charge in [-0.25, -0.2) is 0 Å². The highest BCUT2D eigenvalue weighted by molar-refractivity contribution is 9.11. The van der Waals surface area contributed by atoms with Crippen molar-refractivity contribution in [1.82, 2.24) is 0 Å². The van der Waals surface area contributed by atoms with Crippen LogP contribution in [0, 0.1) is 0 Å². The number of benzene rings is 2. The molecule has 2 aromatic carbocycles. The minimum Gasteiger partial charge on any atom is -0.507 e. The van der Waals surface area contributed by atoms with Gasteiger partial charge in [0, 0.05) is 8.95 Å². The topological polar surface area (TPSA) is 49.3 Å². The molecular weight excluding hydrogens is 362 g/mol. The molecule has 0 aromatic heterocycles. The van der Waals surface area contributed by atoms with Crippen LogP contribution in [-0.4, -0.2) is 11.0 Å². The number of hydrogen-bond donors (Lipinski definition) is 2. The van der Waals surface area contributed by atoms with E-state index in [1.54, 1.807) is 24.3 Å². The third kappa shape index (κ3) is 2.91. The third-order valence-corrected chi connectivity index (χ3v) is 3.48. The van der Waals surface area contributed by atoms with Gasteiger partial charge in [-0.3, -0.25) is 4.79 Å². The fraction of sp³-hybridized carbons (Fsp3) is 0. The van der Waals surface area contributed by atoms with Crippen molar-refractivity contribution in [2.75, 3.05) is 5.32 Å². The summed E-state index contributed by atoms with van der Waals surface area (Å²) in [6, 6.07) is 11.8. The van der Waals surface area contributed by atoms with Crippen LogP contribution in [0.5, 0.6) is 5.75 Å². The highest BCUT2D eigenvalue weighted by Gasteiger charge is 2.11. The number of para-hydroxylation sites is 1. The van der Waals surface area contributed by atoms with Crippen LogP contribution in [0.2, 0.25) is 0 Å². The van der Waals surface area contributed by atoms with Crippen molar-refractivity contribution in [2.45, 2.75) is 0 Å². The van der Waals surface area contributed by atoms with Crippen LogP contribution < -0.4 is 5.32 Å². The van der Waals surface area contributed by atoms with E-state index in [-0.39, 0.29) is 17.2 Å². The van der Waals surface area contributed by atoms with Gasteiger partial charge in [0.25, 0.3) is 5.91 Å². The average molecular weight is 371 g/mol. The van der Waals surface area contributed by atoms with E-state index in [2.05, 4.69) is 37.2 Å². The fourth-order valence-corrected chi connectivity index (χ4v) is 2.59. The lowest BCUT2D eigenvalue weighted by molar-refractivity contribution is 0.102. The van der Waals surface area contributed by atoms with Crippen LogP contribution in [0.3, 0.4) is 0 Å². The summed E-state index contributed by atoms with van der Waals surface area (Å²) >= 11 is 6.70. The van der Waals surface area contributed by atoms with Gasteiger partial charge in [0.05, 0.1) is 11.3 Å². The van der Waals surface area contributed by atoms with Gasteiger partial charge in [-0.05, 0) is 46.3 Å². The van der Waals surface area contributed by atoms with Crippen molar-refractivity contribution in [1.29, 1.82) is 0 Å². The highest BCUT2D eigenvalue weighted by atomic mass is 79.9. The second-order valence-electron chi connectivity index (χ2n) is 3.60. The molecule has 0 saturated heterocycles. The summed E-state index contributed by atoms with van der Waals surface area (Å²) in [7, 11) is 0. The van der Waals surface area contributed by atoms with Gasteiger partial charge >= 0.3 is 0 Å². The predicted molar refractivity (Wildman–Crippen MR) is 77.9 cm³/mol. The molecule has 2 aromatic rings. The summed E-state index contributed by atoms with van der Waals surface area (Å²) in [5.74, 6) is -0.389. The number of carbonyl (C=O) groups is 1. The van der Waals surface area contributed by atoms with Crippen LogP contribution >= 0.6 is 31.9 Å². The first-order valence-electron chi connectivity index (χ1n) is 5.12. The van der Waals surface area contributed by atoms with E-state index in [1.165, 1.54) is 6.07 Å². The molecule has 2 rings (SSSR count). The summed E-state index contributed by atoms with van der Waals surface area (Å²) in [6.07, 6.45) is 0. The number of anilines is 1. The van der Waals surface area contributed by atoms with Gasteiger partial charge in [0.15, 0.2) is 0 Å². The van der Waals surface area contributed by atoms with Gasteiger partial charge in [0.1, 0.15) is 5.75 Å². The number of carbonyl (C=O) groups excluding carboxylic acids is 1. The fourth-order valence-electron chi connectivity index (χ4n) is 1.45. The van der Waals surface area contributed by atoms with Crippen molar-refractivity contribution < 1.29 is 9.90 Å². The van der Waals surface area contributed by atoms with E-state index < -0.39 is 0 Å². The maximum Gasteiger partial charge on any atom is 0.259 e. The molecule has 3 nitrogen and oxygen atoms in total. The number of phenolic OH excluding ortho intramolecular Hbond substituents is 1. The minimum absolute atomic E-state index is 0.0387. The molecule has 92 valence electrons. The summed E-state index contributed by atoms with van der Waals surface area (Å²) in [5.41, 5.74) is 0.888. The molecule has 0 fully saturated rings. The number of aromatic hydroxyl groups is 1. The zero-order valence-electron chi connectivity index (χ0n) is 9.15. The van der Waals surface area contributed by atoms with Crippen LogP contribution in [0.15, 0.2) is 51.4 Å². The maximum absolute atomic E-state index is 12.0. The lowest BCUT2D eigenvalue weighted by Crippen LogP contribution is -2.12. The van der Waals surface area contributed by atoms with Gasteiger partial charge in [-0.2, -0.15) is 0 Å². The second-order valence-corrected chi connectivity index (χ2v) is 5.37. The predicted octanol–water partition coefficient (Wildman–Crippen LogP) is 4.17. The quantitative estimate of drug-likeness (QED) is 0.833. The number of amides is 1. The van der Waals surface area contributed by atoms with Gasteiger partial charge in [0.2, 0.25) is 0 Å². The number of nitrogens with one attached hydrogen (secondary N) is 1. The Morgan fingerprint density at radius 2 is 1.83 bits per heavy atom. The Labute approximate surface area is 121 Å². The zero-order chi connectivity index (χ0) is 13.1. The lowest BCUT2D eigenvalue weighted by Gasteiger charge is -2.08. The average Bonchev–Trinajstić information content (AvgIpc) is 2.33. The zero-order valence-corrected chi connectivity index (χ0v) is 12.3. The number of phenols is 1. The van der Waals surface area contributed by atoms with E-state index in [9.17, 15) is 9.90 Å². The molecule has 0 atom stereocenters. The highest BCUT2D eigenvalue weighted by Crippen LogP contribution is 2.27. The van der Waals surface area contributed by atoms with E-state index in [0.717, 1.165) is 8.95 Å². The third-order valence-electron chi connectivity index (χ3n) is 2.33. The first-order valence-corrected chi connectivity index (χ1v) is 6.71. The largest absolute Gasteiger partial charge is 0.507 e. The van der Waals surface area contributed by atoms with Gasteiger partial charge in [-0.1, -0.05) is 28.1 Å². The maximum atomic E-state index is 12.0. The molecule has 0 bridgehead atoms. The van der Waals surface area contributed by atoms with Crippen molar-refractivity contribution in [3.8, 4) is 5.75 Å². The SMILES string of the molecule is O=C(Nc1ccc(Br)cc1Br)c1ccccc1O. The Balaban J connectivity index is 2.24. The van der Waals surface area contributed by atoms with Crippen molar-refractivity contribution >= 4 is 43.5 Å². The summed E-state index contributed by atoms with van der Waals surface area (Å²) in [5, 5.41) is 12.3. The summed E-state index contributed by atoms with van der Waals surface area (Å²) < 4.78 is 1.68. The van der Waals surface area contributed by atoms with Crippen LogP contribution in [0.1, 0.15) is 10.4 Å². The molecule has 2 N–H and O–H groups in total. The molecule has 0 aliphatic carbocycles. The Morgan fingerprint density at radius 3 is 2.50 bits per heavy atom. The Bertz CT molecular complexity index is 599. The molecule has 1 amide bonds. The minimum atomic E-state index is -0.351. The van der Waals surface area contributed by atoms with Crippen molar-refractivity contribution in [3.05, 3.63) is 57.0 Å². The van der Waals surface area contributed by atoms with Gasteiger partial charge in [-0.15, -0.1) is 0 Å². The molecule has 0 unspecified atom stereocenters. The lowest BCUT2D eigenvalue weighted by atomic mass is 10.2. The molecule has 18 heavy (non-hydrogen) atoms.